The normalized spacial score (nSPS) is 10.1. The van der Waals surface area contributed by atoms with Crippen LogP contribution in [0.25, 0.3) is 0 Å². The number of carbonyl (C=O) groups excluding carboxylic acids is 1. The van der Waals surface area contributed by atoms with Gasteiger partial charge < -0.3 is 11.1 Å². The monoisotopic (exact) mass is 253 g/mol. The molecular weight excluding hydrogens is 246 g/mol. The summed E-state index contributed by atoms with van der Waals surface area (Å²) in [7, 11) is 0. The number of carbonyl (C=O) groups is 1. The lowest BCUT2D eigenvalue weighted by molar-refractivity contribution is 0.102. The first-order valence-electron chi connectivity index (χ1n) is 4.41. The van der Waals surface area contributed by atoms with Crippen LogP contribution in [0.3, 0.4) is 0 Å². The van der Waals surface area contributed by atoms with Crippen LogP contribution in [-0.2, 0) is 0 Å². The molecule has 0 saturated heterocycles. The van der Waals surface area contributed by atoms with Gasteiger partial charge in [0, 0.05) is 5.38 Å². The average molecular weight is 254 g/mol. The molecule has 0 aliphatic carbocycles. The highest BCUT2D eigenvalue weighted by Gasteiger charge is 2.11. The fourth-order valence-corrected chi connectivity index (χ4v) is 1.92. The van der Waals surface area contributed by atoms with Gasteiger partial charge in [0.05, 0.1) is 23.1 Å². The van der Waals surface area contributed by atoms with Crippen molar-refractivity contribution in [3.8, 4) is 0 Å². The fraction of sp³-hybridized carbons (Fsp3) is 0. The number of nitrogen functional groups attached to an aromatic ring is 1. The van der Waals surface area contributed by atoms with Crippen molar-refractivity contribution in [1.29, 1.82) is 0 Å². The molecule has 0 aliphatic heterocycles. The lowest BCUT2D eigenvalue weighted by Crippen LogP contribution is -2.13. The van der Waals surface area contributed by atoms with Crippen molar-refractivity contribution in [3.63, 3.8) is 0 Å². The molecule has 4 nitrogen and oxygen atoms in total. The van der Waals surface area contributed by atoms with E-state index in [0.29, 0.717) is 11.3 Å². The fourth-order valence-electron chi connectivity index (χ4n) is 1.17. The Kier molecular flexibility index (Phi) is 3.07. The van der Waals surface area contributed by atoms with Gasteiger partial charge in [-0.15, -0.1) is 0 Å². The quantitative estimate of drug-likeness (QED) is 0.809. The van der Waals surface area contributed by atoms with Gasteiger partial charge in [-0.25, -0.2) is 4.98 Å². The van der Waals surface area contributed by atoms with Gasteiger partial charge in [-0.2, -0.15) is 11.3 Å². The summed E-state index contributed by atoms with van der Waals surface area (Å²) in [5.41, 5.74) is 7.01. The molecule has 6 heteroatoms. The Morgan fingerprint density at radius 3 is 3.06 bits per heavy atom. The van der Waals surface area contributed by atoms with Crippen molar-refractivity contribution in [2.24, 2.45) is 0 Å². The standard InChI is InChI=1S/C10H8ClN3OS/c11-9-3-7(8(12)4-13-9)10(15)14-6-1-2-16-5-6/h1-5H,12H2,(H,14,15). The first kappa shape index (κ1) is 10.9. The average Bonchev–Trinajstić information content (AvgIpc) is 2.74. The van der Waals surface area contributed by atoms with Crippen LogP contribution < -0.4 is 11.1 Å². The first-order valence-corrected chi connectivity index (χ1v) is 5.73. The van der Waals surface area contributed by atoms with E-state index in [4.69, 9.17) is 17.3 Å². The predicted octanol–water partition coefficient (Wildman–Crippen LogP) is 2.63. The number of rotatable bonds is 2. The van der Waals surface area contributed by atoms with Crippen molar-refractivity contribution >= 4 is 40.2 Å². The Labute approximate surface area is 101 Å². The van der Waals surface area contributed by atoms with E-state index in [1.54, 1.807) is 0 Å². The van der Waals surface area contributed by atoms with Crippen molar-refractivity contribution in [2.45, 2.75) is 0 Å². The molecule has 1 amide bonds. The topological polar surface area (TPSA) is 68.0 Å². The largest absolute Gasteiger partial charge is 0.397 e. The second-order valence-corrected chi connectivity index (χ2v) is 4.23. The molecule has 0 aromatic carbocycles. The number of nitrogens with two attached hydrogens (primary N) is 1. The molecule has 16 heavy (non-hydrogen) atoms. The highest BCUT2D eigenvalue weighted by Crippen LogP contribution is 2.18. The zero-order valence-electron chi connectivity index (χ0n) is 8.11. The van der Waals surface area contributed by atoms with Gasteiger partial charge in [0.2, 0.25) is 0 Å². The molecule has 82 valence electrons. The summed E-state index contributed by atoms with van der Waals surface area (Å²) >= 11 is 7.20. The lowest BCUT2D eigenvalue weighted by atomic mass is 10.2. The number of nitrogens with zero attached hydrogens (tertiary/aromatic N) is 1. The van der Waals surface area contributed by atoms with Crippen LogP contribution in [0, 0.1) is 0 Å². The predicted molar refractivity (Wildman–Crippen MR) is 65.9 cm³/mol. The first-order chi connectivity index (χ1) is 7.66. The number of anilines is 2. The van der Waals surface area contributed by atoms with Crippen molar-refractivity contribution in [1.82, 2.24) is 4.98 Å². The molecule has 2 heterocycles. The summed E-state index contributed by atoms with van der Waals surface area (Å²) in [6.45, 7) is 0. The summed E-state index contributed by atoms with van der Waals surface area (Å²) in [5, 5.41) is 6.66. The Morgan fingerprint density at radius 2 is 2.38 bits per heavy atom. The maximum atomic E-state index is 11.8. The molecule has 0 atom stereocenters. The van der Waals surface area contributed by atoms with Gasteiger partial charge in [0.15, 0.2) is 0 Å². The van der Waals surface area contributed by atoms with Crippen LogP contribution in [0.1, 0.15) is 10.4 Å². The molecule has 0 aliphatic rings. The number of amides is 1. The van der Waals surface area contributed by atoms with Crippen LogP contribution in [0.2, 0.25) is 5.15 Å². The van der Waals surface area contributed by atoms with E-state index < -0.39 is 0 Å². The molecule has 0 radical (unpaired) electrons. The van der Waals surface area contributed by atoms with Crippen LogP contribution in [-0.4, -0.2) is 10.9 Å². The van der Waals surface area contributed by atoms with E-state index in [1.165, 1.54) is 23.6 Å². The highest BCUT2D eigenvalue weighted by atomic mass is 35.5. The summed E-state index contributed by atoms with van der Waals surface area (Å²) in [5.74, 6) is -0.291. The minimum Gasteiger partial charge on any atom is -0.397 e. The second-order valence-electron chi connectivity index (χ2n) is 3.06. The Hall–Kier alpha value is -1.59. The van der Waals surface area contributed by atoms with Gasteiger partial charge in [-0.1, -0.05) is 11.6 Å². The van der Waals surface area contributed by atoms with Gasteiger partial charge in [-0.05, 0) is 17.5 Å². The van der Waals surface area contributed by atoms with E-state index in [9.17, 15) is 4.79 Å². The Balaban J connectivity index is 2.24. The SMILES string of the molecule is Nc1cnc(Cl)cc1C(=O)Nc1ccsc1. The maximum absolute atomic E-state index is 11.8. The van der Waals surface area contributed by atoms with Crippen LogP contribution in [0.4, 0.5) is 11.4 Å². The number of halogens is 1. The Bertz CT molecular complexity index is 513. The van der Waals surface area contributed by atoms with Crippen LogP contribution in [0.5, 0.6) is 0 Å². The van der Waals surface area contributed by atoms with Gasteiger partial charge >= 0.3 is 0 Å². The summed E-state index contributed by atoms with van der Waals surface area (Å²) in [4.78, 5) is 15.6. The molecule has 0 saturated carbocycles. The summed E-state index contributed by atoms with van der Waals surface area (Å²) in [6.07, 6.45) is 1.37. The second kappa shape index (κ2) is 4.51. The molecule has 2 rings (SSSR count). The van der Waals surface area contributed by atoms with E-state index in [0.717, 1.165) is 5.69 Å². The lowest BCUT2D eigenvalue weighted by Gasteiger charge is -2.05. The minimum absolute atomic E-state index is 0.240. The van der Waals surface area contributed by atoms with Crippen molar-refractivity contribution < 1.29 is 4.79 Å². The van der Waals surface area contributed by atoms with E-state index >= 15 is 0 Å². The summed E-state index contributed by atoms with van der Waals surface area (Å²) in [6, 6.07) is 3.25. The third kappa shape index (κ3) is 2.32. The molecule has 0 spiro atoms. The number of nitrogens with one attached hydrogen (secondary N) is 1. The highest BCUT2D eigenvalue weighted by molar-refractivity contribution is 7.08. The van der Waals surface area contributed by atoms with Crippen LogP contribution >= 0.6 is 22.9 Å². The molecule has 0 fully saturated rings. The Morgan fingerprint density at radius 1 is 1.56 bits per heavy atom. The molecule has 0 unspecified atom stereocenters. The third-order valence-corrected chi connectivity index (χ3v) is 2.82. The minimum atomic E-state index is -0.291. The van der Waals surface area contributed by atoms with E-state index in [-0.39, 0.29) is 11.1 Å². The zero-order valence-corrected chi connectivity index (χ0v) is 9.68. The molecular formula is C10H8ClN3OS. The number of hydrogen-bond donors (Lipinski definition) is 2. The number of pyridine rings is 1. The molecule has 3 N–H and O–H groups in total. The number of thiophene rings is 1. The van der Waals surface area contributed by atoms with Crippen molar-refractivity contribution in [3.05, 3.63) is 39.8 Å². The van der Waals surface area contributed by atoms with Gasteiger partial charge in [0.25, 0.3) is 5.91 Å². The third-order valence-electron chi connectivity index (χ3n) is 1.93. The van der Waals surface area contributed by atoms with E-state index in [1.807, 2.05) is 16.8 Å². The van der Waals surface area contributed by atoms with E-state index in [2.05, 4.69) is 10.3 Å². The maximum Gasteiger partial charge on any atom is 0.257 e. The molecule has 2 aromatic heterocycles. The smallest absolute Gasteiger partial charge is 0.257 e. The van der Waals surface area contributed by atoms with Crippen molar-refractivity contribution in [2.75, 3.05) is 11.1 Å². The summed E-state index contributed by atoms with van der Waals surface area (Å²) < 4.78 is 0. The van der Waals surface area contributed by atoms with Gasteiger partial charge in [0.1, 0.15) is 5.15 Å². The van der Waals surface area contributed by atoms with Crippen LogP contribution in [0.15, 0.2) is 29.1 Å². The number of hydrogen-bond acceptors (Lipinski definition) is 4. The molecule has 2 aromatic rings. The number of aromatic nitrogens is 1. The zero-order chi connectivity index (χ0) is 11.5. The molecule has 0 bridgehead atoms. The van der Waals surface area contributed by atoms with Gasteiger partial charge in [-0.3, -0.25) is 4.79 Å².